The van der Waals surface area contributed by atoms with Crippen molar-refractivity contribution < 1.29 is 50.4 Å². The third kappa shape index (κ3) is 2.15. The Balaban J connectivity index is 0.00000112. The first-order chi connectivity index (χ1) is 6.74. The van der Waals surface area contributed by atoms with Gasteiger partial charge in [-0.25, -0.2) is 0 Å². The molecule has 1 N–H and O–H groups in total. The summed E-state index contributed by atoms with van der Waals surface area (Å²) in [5, 5.41) is 10.0. The number of aliphatic hydroxyl groups excluding tert-OH is 1. The van der Waals surface area contributed by atoms with Crippen molar-refractivity contribution in [2.45, 2.75) is 31.2 Å². The standard InChI is InChI=1S/C10H17O4.U/c1-3-10-7(4-12-2)5-13-8(6-14-10)9(10)11;/h6-9,11H,3-5H2,1-2H3;/q-1;/t7-,8+,9+,10+;/m1./s1. The van der Waals surface area contributed by atoms with Gasteiger partial charge in [0.1, 0.15) is 0 Å². The van der Waals surface area contributed by atoms with Crippen LogP contribution in [-0.4, -0.2) is 43.2 Å². The molecule has 2 aliphatic rings. The molecule has 2 saturated heterocycles. The SMILES string of the molecule is CC[C@]12O[CH-][C@H](OC[C@H]1COC)[C@@H]2O.[U]. The van der Waals surface area contributed by atoms with Gasteiger partial charge in [-0.1, -0.05) is 6.92 Å². The van der Waals surface area contributed by atoms with Gasteiger partial charge in [0.25, 0.3) is 0 Å². The maximum Gasteiger partial charge on any atom is 0.0807 e. The first-order valence-electron chi connectivity index (χ1n) is 5.04. The minimum Gasteiger partial charge on any atom is -0.543 e. The quantitative estimate of drug-likeness (QED) is 0.646. The Kier molecular flexibility index (Phi) is 5.10. The molecular weight excluding hydrogens is 422 g/mol. The smallest absolute Gasteiger partial charge is 0.0807 e. The van der Waals surface area contributed by atoms with Crippen molar-refractivity contribution in [3.05, 3.63) is 6.61 Å². The van der Waals surface area contributed by atoms with Crippen LogP contribution in [0.2, 0.25) is 0 Å². The number of hydrogen-bond acceptors (Lipinski definition) is 4. The van der Waals surface area contributed by atoms with E-state index in [-0.39, 0.29) is 43.1 Å². The van der Waals surface area contributed by atoms with Crippen LogP contribution in [0.3, 0.4) is 0 Å². The third-order valence-electron chi connectivity index (χ3n) is 3.33. The minimum atomic E-state index is -0.554. The molecule has 2 heterocycles. The second kappa shape index (κ2) is 5.48. The molecule has 5 heteroatoms. The van der Waals surface area contributed by atoms with Crippen molar-refractivity contribution in [3.63, 3.8) is 0 Å². The van der Waals surface area contributed by atoms with Crippen molar-refractivity contribution in [3.8, 4) is 0 Å². The molecule has 15 heavy (non-hydrogen) atoms. The minimum absolute atomic E-state index is 0. The summed E-state index contributed by atoms with van der Waals surface area (Å²) in [6.07, 6.45) is -0.0390. The summed E-state index contributed by atoms with van der Waals surface area (Å²) in [5.74, 6) is 0.113. The molecule has 0 radical (unpaired) electrons. The number of methoxy groups -OCH3 is 1. The van der Waals surface area contributed by atoms with Crippen LogP contribution in [0.1, 0.15) is 13.3 Å². The van der Waals surface area contributed by atoms with E-state index in [9.17, 15) is 5.11 Å². The summed E-state index contributed by atoms with van der Waals surface area (Å²) < 4.78 is 16.2. The molecule has 0 aromatic rings. The normalized spacial score (nSPS) is 43.8. The molecule has 0 unspecified atom stereocenters. The summed E-state index contributed by atoms with van der Waals surface area (Å²) in [6, 6.07) is 0. The second-order valence-corrected chi connectivity index (χ2v) is 3.96. The zero-order valence-electron chi connectivity index (χ0n) is 9.10. The molecule has 0 aromatic heterocycles. The summed E-state index contributed by atoms with van der Waals surface area (Å²) in [6.45, 7) is 4.79. The van der Waals surface area contributed by atoms with E-state index in [2.05, 4.69) is 0 Å². The molecular formula is C10H17O4U-. The largest absolute Gasteiger partial charge is 0.543 e. The van der Waals surface area contributed by atoms with Crippen LogP contribution < -0.4 is 0 Å². The Morgan fingerprint density at radius 2 is 2.33 bits per heavy atom. The molecule has 2 fully saturated rings. The Bertz CT molecular complexity index is 214. The monoisotopic (exact) mass is 439 g/mol. The molecule has 4 nitrogen and oxygen atoms in total. The average molecular weight is 439 g/mol. The molecule has 0 aliphatic carbocycles. The fourth-order valence-electron chi connectivity index (χ4n) is 2.42. The van der Waals surface area contributed by atoms with Gasteiger partial charge in [-0.2, -0.15) is 6.61 Å². The summed E-state index contributed by atoms with van der Waals surface area (Å²) in [7, 11) is 1.65. The van der Waals surface area contributed by atoms with Gasteiger partial charge in [-0.3, -0.25) is 0 Å². The average Bonchev–Trinajstić information content (AvgIpc) is 2.42. The maximum atomic E-state index is 10.0. The molecule has 0 aromatic carbocycles. The fourth-order valence-corrected chi connectivity index (χ4v) is 2.42. The number of rotatable bonds is 3. The molecule has 86 valence electrons. The Morgan fingerprint density at radius 3 is 2.93 bits per heavy atom. The van der Waals surface area contributed by atoms with Crippen LogP contribution in [0, 0.1) is 43.6 Å². The van der Waals surface area contributed by atoms with Gasteiger partial charge in [0.15, 0.2) is 0 Å². The third-order valence-corrected chi connectivity index (χ3v) is 3.33. The maximum absolute atomic E-state index is 10.0. The zero-order valence-corrected chi connectivity index (χ0v) is 13.3. The van der Waals surface area contributed by atoms with Gasteiger partial charge in [0.05, 0.1) is 24.9 Å². The predicted octanol–water partition coefficient (Wildman–Crippen LogP) is 0.349. The van der Waals surface area contributed by atoms with Gasteiger partial charge in [0, 0.05) is 44.1 Å². The zero-order chi connectivity index (χ0) is 10.2. The van der Waals surface area contributed by atoms with Crippen molar-refractivity contribution in [2.75, 3.05) is 20.3 Å². The van der Waals surface area contributed by atoms with Gasteiger partial charge in [0.2, 0.25) is 0 Å². The van der Waals surface area contributed by atoms with E-state index < -0.39 is 11.7 Å². The van der Waals surface area contributed by atoms with Crippen molar-refractivity contribution in [2.24, 2.45) is 5.92 Å². The molecule has 2 aliphatic heterocycles. The molecule has 2 rings (SSSR count). The van der Waals surface area contributed by atoms with Gasteiger partial charge >= 0.3 is 0 Å². The van der Waals surface area contributed by atoms with Crippen LogP contribution in [0.4, 0.5) is 0 Å². The number of hydrogen-bond donors (Lipinski definition) is 1. The van der Waals surface area contributed by atoms with E-state index in [0.29, 0.717) is 13.2 Å². The van der Waals surface area contributed by atoms with Crippen LogP contribution >= 0.6 is 0 Å². The van der Waals surface area contributed by atoms with E-state index in [1.54, 1.807) is 13.7 Å². The molecule has 4 atom stereocenters. The van der Waals surface area contributed by atoms with Crippen LogP contribution in [0.5, 0.6) is 0 Å². The summed E-state index contributed by atoms with van der Waals surface area (Å²) in [4.78, 5) is 0. The van der Waals surface area contributed by atoms with E-state index in [1.807, 2.05) is 6.92 Å². The molecule has 2 bridgehead atoms. The van der Waals surface area contributed by atoms with E-state index in [4.69, 9.17) is 14.2 Å². The molecule has 0 amide bonds. The van der Waals surface area contributed by atoms with E-state index in [0.717, 1.165) is 6.42 Å². The van der Waals surface area contributed by atoms with Crippen molar-refractivity contribution >= 4 is 0 Å². The number of fused-ring (bicyclic) bond motifs is 2. The van der Waals surface area contributed by atoms with Crippen LogP contribution in [-0.2, 0) is 14.2 Å². The fraction of sp³-hybridized carbons (Fsp3) is 0.900. The van der Waals surface area contributed by atoms with Crippen LogP contribution in [0.25, 0.3) is 0 Å². The summed E-state index contributed by atoms with van der Waals surface area (Å²) in [5.41, 5.74) is -0.487. The number of ether oxygens (including phenoxy) is 3. The van der Waals surface area contributed by atoms with E-state index >= 15 is 0 Å². The van der Waals surface area contributed by atoms with Gasteiger partial charge < -0.3 is 19.3 Å². The van der Waals surface area contributed by atoms with Crippen molar-refractivity contribution in [1.82, 2.24) is 0 Å². The van der Waals surface area contributed by atoms with Gasteiger partial charge in [-0.15, -0.1) is 0 Å². The van der Waals surface area contributed by atoms with Crippen LogP contribution in [0.15, 0.2) is 0 Å². The Hall–Kier alpha value is 0.892. The predicted molar refractivity (Wildman–Crippen MR) is 49.5 cm³/mol. The second-order valence-electron chi connectivity index (χ2n) is 3.96. The van der Waals surface area contributed by atoms with Gasteiger partial charge in [-0.05, 0) is 12.5 Å². The summed E-state index contributed by atoms with van der Waals surface area (Å²) >= 11 is 0. The number of aliphatic hydroxyl groups is 1. The van der Waals surface area contributed by atoms with Crippen molar-refractivity contribution in [1.29, 1.82) is 0 Å². The Morgan fingerprint density at radius 1 is 1.60 bits per heavy atom. The first-order valence-corrected chi connectivity index (χ1v) is 5.04. The molecule has 0 spiro atoms. The van der Waals surface area contributed by atoms with E-state index in [1.165, 1.54) is 0 Å². The molecule has 0 saturated carbocycles. The Labute approximate surface area is 114 Å². The topological polar surface area (TPSA) is 47.9 Å². The first kappa shape index (κ1) is 14.0.